The molecular weight excluding hydrogens is 296 g/mol. The molecule has 0 fully saturated rings. The van der Waals surface area contributed by atoms with Gasteiger partial charge in [-0.25, -0.2) is 9.36 Å². The average Bonchev–Trinajstić information content (AvgIpc) is 2.75. The van der Waals surface area contributed by atoms with Gasteiger partial charge in [-0.15, -0.1) is 0 Å². The maximum absolute atomic E-state index is 12.9. The molecule has 0 bridgehead atoms. The van der Waals surface area contributed by atoms with E-state index < -0.39 is 0 Å². The molecule has 116 valence electrons. The molecule has 1 aliphatic heterocycles. The SMILES string of the molecule is CN(C)c1c2ccnsc-2c2c(=O)n(CC(C)(C)C)cnc12. The van der Waals surface area contributed by atoms with E-state index in [0.717, 1.165) is 21.6 Å². The molecule has 2 aliphatic rings. The average molecular weight is 316 g/mol. The minimum absolute atomic E-state index is 0.0160. The smallest absolute Gasteiger partial charge is 0.262 e. The quantitative estimate of drug-likeness (QED) is 0.729. The Morgan fingerprint density at radius 1 is 1.32 bits per heavy atom. The van der Waals surface area contributed by atoms with Gasteiger partial charge in [-0.3, -0.25) is 9.36 Å². The summed E-state index contributed by atoms with van der Waals surface area (Å²) in [4.78, 5) is 20.5. The van der Waals surface area contributed by atoms with Crippen LogP contribution in [0.4, 0.5) is 5.69 Å². The molecule has 0 saturated carbocycles. The molecule has 1 aliphatic carbocycles. The van der Waals surface area contributed by atoms with Crippen LogP contribution < -0.4 is 10.5 Å². The summed E-state index contributed by atoms with van der Waals surface area (Å²) < 4.78 is 5.94. The Labute approximate surface area is 133 Å². The Kier molecular flexibility index (Phi) is 3.44. The molecule has 1 aromatic rings. The highest BCUT2D eigenvalue weighted by molar-refractivity contribution is 7.10. The van der Waals surface area contributed by atoms with Gasteiger partial charge in [0, 0.05) is 32.4 Å². The number of fused-ring (bicyclic) bond motifs is 3. The molecule has 0 saturated heterocycles. The summed E-state index contributed by atoms with van der Waals surface area (Å²) in [5.41, 5.74) is 2.83. The number of aromatic nitrogens is 3. The maximum atomic E-state index is 12.9. The lowest BCUT2D eigenvalue weighted by molar-refractivity contribution is 0.337. The standard InChI is InChI=1S/C16H20N4OS/c1-16(2,3)8-20-9-17-12-11(15(20)21)14-10(6-7-18-22-14)13(12)19(4)5/h6-7,9H,8H2,1-5H3. The van der Waals surface area contributed by atoms with Crippen molar-refractivity contribution in [3.63, 3.8) is 0 Å². The fourth-order valence-electron chi connectivity index (χ4n) is 2.76. The van der Waals surface area contributed by atoms with Gasteiger partial charge >= 0.3 is 0 Å². The van der Waals surface area contributed by atoms with E-state index in [4.69, 9.17) is 0 Å². The van der Waals surface area contributed by atoms with Crippen molar-refractivity contribution in [3.05, 3.63) is 28.9 Å². The number of anilines is 1. The van der Waals surface area contributed by atoms with Gasteiger partial charge in [0.05, 0.1) is 22.3 Å². The van der Waals surface area contributed by atoms with Crippen molar-refractivity contribution < 1.29 is 0 Å². The number of nitrogens with zero attached hydrogens (tertiary/aromatic N) is 4. The predicted molar refractivity (Wildman–Crippen MR) is 92.1 cm³/mol. The van der Waals surface area contributed by atoms with Crippen LogP contribution in [0, 0.1) is 5.41 Å². The first-order chi connectivity index (χ1) is 10.3. The van der Waals surface area contributed by atoms with Crippen molar-refractivity contribution in [2.45, 2.75) is 27.3 Å². The van der Waals surface area contributed by atoms with Crippen LogP contribution in [-0.4, -0.2) is 28.0 Å². The zero-order chi connectivity index (χ0) is 16.1. The molecule has 0 amide bonds. The second kappa shape index (κ2) is 5.05. The van der Waals surface area contributed by atoms with Crippen LogP contribution in [0.15, 0.2) is 23.4 Å². The molecule has 0 aromatic carbocycles. The van der Waals surface area contributed by atoms with E-state index in [-0.39, 0.29) is 11.0 Å². The molecule has 22 heavy (non-hydrogen) atoms. The van der Waals surface area contributed by atoms with Gasteiger partial charge in [-0.05, 0) is 23.0 Å². The minimum Gasteiger partial charge on any atom is -0.375 e. The summed E-state index contributed by atoms with van der Waals surface area (Å²) in [5, 5.41) is 0.684. The molecule has 2 heterocycles. The summed E-state index contributed by atoms with van der Waals surface area (Å²) in [6, 6.07) is 1.95. The first-order valence-corrected chi connectivity index (χ1v) is 8.00. The number of hydrogen-bond acceptors (Lipinski definition) is 5. The van der Waals surface area contributed by atoms with Gasteiger partial charge in [0.25, 0.3) is 5.56 Å². The Morgan fingerprint density at radius 3 is 2.68 bits per heavy atom. The summed E-state index contributed by atoms with van der Waals surface area (Å²) in [5.74, 6) is 0. The number of rotatable bonds is 2. The van der Waals surface area contributed by atoms with Crippen molar-refractivity contribution in [2.75, 3.05) is 19.0 Å². The van der Waals surface area contributed by atoms with Gasteiger partial charge in [-0.2, -0.15) is 0 Å². The normalized spacial score (nSPS) is 12.2. The third-order valence-corrected chi connectivity index (χ3v) is 4.36. The Morgan fingerprint density at radius 2 is 2.05 bits per heavy atom. The van der Waals surface area contributed by atoms with Crippen LogP contribution in [0.25, 0.3) is 21.3 Å². The number of hydrogen-bond donors (Lipinski definition) is 0. The highest BCUT2D eigenvalue weighted by atomic mass is 32.1. The van der Waals surface area contributed by atoms with E-state index in [0.29, 0.717) is 11.9 Å². The fourth-order valence-corrected chi connectivity index (χ4v) is 3.52. The lowest BCUT2D eigenvalue weighted by atomic mass is 9.97. The molecular formula is C16H20N4OS. The Bertz CT molecular complexity index is 857. The summed E-state index contributed by atoms with van der Waals surface area (Å²) in [6.45, 7) is 6.98. The minimum atomic E-state index is 0.0160. The van der Waals surface area contributed by atoms with Crippen molar-refractivity contribution in [1.29, 1.82) is 0 Å². The van der Waals surface area contributed by atoms with Gasteiger partial charge in [0.2, 0.25) is 0 Å². The van der Waals surface area contributed by atoms with Crippen molar-refractivity contribution in [2.24, 2.45) is 5.41 Å². The third kappa shape index (κ3) is 2.37. The van der Waals surface area contributed by atoms with Crippen LogP contribution in [0.1, 0.15) is 20.8 Å². The van der Waals surface area contributed by atoms with E-state index in [9.17, 15) is 4.79 Å². The molecule has 3 rings (SSSR count). The van der Waals surface area contributed by atoms with Crippen LogP contribution >= 0.6 is 11.5 Å². The van der Waals surface area contributed by atoms with Gasteiger partial charge in [0.1, 0.15) is 5.52 Å². The largest absolute Gasteiger partial charge is 0.375 e. The fraction of sp³-hybridized carbons (Fsp3) is 0.438. The van der Waals surface area contributed by atoms with Crippen LogP contribution in [0.2, 0.25) is 0 Å². The lowest BCUT2D eigenvalue weighted by Crippen LogP contribution is -2.27. The molecule has 1 aromatic heterocycles. The van der Waals surface area contributed by atoms with Gasteiger partial charge in [0.15, 0.2) is 0 Å². The molecule has 0 radical (unpaired) electrons. The Hall–Kier alpha value is -1.95. The molecule has 0 atom stereocenters. The monoisotopic (exact) mass is 316 g/mol. The lowest BCUT2D eigenvalue weighted by Gasteiger charge is -2.19. The van der Waals surface area contributed by atoms with Crippen molar-refractivity contribution >= 4 is 28.1 Å². The first-order valence-electron chi connectivity index (χ1n) is 7.22. The predicted octanol–water partition coefficient (Wildman–Crippen LogP) is 3.07. The van der Waals surface area contributed by atoms with Crippen molar-refractivity contribution in [3.8, 4) is 10.4 Å². The molecule has 5 nitrogen and oxygen atoms in total. The summed E-state index contributed by atoms with van der Waals surface area (Å²) in [6.07, 6.45) is 3.44. The van der Waals surface area contributed by atoms with E-state index in [1.807, 2.05) is 25.1 Å². The van der Waals surface area contributed by atoms with E-state index in [2.05, 4.69) is 30.1 Å². The Balaban J connectivity index is 2.36. The first kappa shape index (κ1) is 15.0. The zero-order valence-electron chi connectivity index (χ0n) is 13.5. The second-order valence-electron chi connectivity index (χ2n) is 6.96. The van der Waals surface area contributed by atoms with Crippen LogP contribution in [0.5, 0.6) is 0 Å². The van der Waals surface area contributed by atoms with Crippen LogP contribution in [0.3, 0.4) is 0 Å². The van der Waals surface area contributed by atoms with E-state index in [1.165, 1.54) is 11.5 Å². The summed E-state index contributed by atoms with van der Waals surface area (Å²) in [7, 11) is 3.95. The van der Waals surface area contributed by atoms with Gasteiger partial charge in [-0.1, -0.05) is 20.8 Å². The topological polar surface area (TPSA) is 51.0 Å². The molecule has 0 unspecified atom stereocenters. The molecule has 0 N–H and O–H groups in total. The van der Waals surface area contributed by atoms with E-state index >= 15 is 0 Å². The zero-order valence-corrected chi connectivity index (χ0v) is 14.4. The third-order valence-electron chi connectivity index (χ3n) is 3.53. The van der Waals surface area contributed by atoms with Crippen molar-refractivity contribution in [1.82, 2.24) is 13.9 Å². The molecule has 6 heteroatoms. The van der Waals surface area contributed by atoms with Crippen LogP contribution in [-0.2, 0) is 6.54 Å². The second-order valence-corrected chi connectivity index (χ2v) is 7.76. The highest BCUT2D eigenvalue weighted by Gasteiger charge is 2.25. The van der Waals surface area contributed by atoms with E-state index in [1.54, 1.807) is 17.1 Å². The summed E-state index contributed by atoms with van der Waals surface area (Å²) >= 11 is 1.36. The van der Waals surface area contributed by atoms with Gasteiger partial charge < -0.3 is 4.90 Å². The highest BCUT2D eigenvalue weighted by Crippen LogP contribution is 2.43. The maximum Gasteiger partial charge on any atom is 0.262 e. The molecule has 0 spiro atoms.